The Labute approximate surface area is 111 Å². The standard InChI is InChI=1S/C11H16N6O2/c1-16(2)7-13-15-10(18)8-5-6-12-9(14-8)11(19)17(3)4/h5-7H,1-4H3,(H,15,18). The smallest absolute Gasteiger partial charge is 0.291 e. The van der Waals surface area contributed by atoms with Crippen LogP contribution < -0.4 is 5.43 Å². The van der Waals surface area contributed by atoms with E-state index in [4.69, 9.17) is 0 Å². The summed E-state index contributed by atoms with van der Waals surface area (Å²) < 4.78 is 0. The summed E-state index contributed by atoms with van der Waals surface area (Å²) in [6, 6.07) is 1.41. The van der Waals surface area contributed by atoms with Gasteiger partial charge >= 0.3 is 0 Å². The maximum Gasteiger partial charge on any atom is 0.291 e. The van der Waals surface area contributed by atoms with Crippen LogP contribution >= 0.6 is 0 Å². The first-order valence-electron chi connectivity index (χ1n) is 5.46. The van der Waals surface area contributed by atoms with E-state index in [1.165, 1.54) is 23.5 Å². The molecule has 1 N–H and O–H groups in total. The predicted octanol–water partition coefficient (Wildman–Crippen LogP) is -0.587. The monoisotopic (exact) mass is 264 g/mol. The Morgan fingerprint density at radius 2 is 2.00 bits per heavy atom. The third kappa shape index (κ3) is 4.34. The van der Waals surface area contributed by atoms with Crippen molar-refractivity contribution in [1.29, 1.82) is 0 Å². The number of hydrogen-bond acceptors (Lipinski definition) is 5. The summed E-state index contributed by atoms with van der Waals surface area (Å²) in [4.78, 5) is 34.1. The fourth-order valence-corrected chi connectivity index (χ4v) is 1.05. The molecule has 1 heterocycles. The number of carbonyl (C=O) groups excluding carboxylic acids is 2. The Kier molecular flexibility index (Phi) is 4.92. The number of carbonyl (C=O) groups is 2. The van der Waals surface area contributed by atoms with Crippen LogP contribution in [0.5, 0.6) is 0 Å². The van der Waals surface area contributed by atoms with Crippen molar-refractivity contribution in [2.75, 3.05) is 28.2 Å². The molecule has 0 fully saturated rings. The summed E-state index contributed by atoms with van der Waals surface area (Å²) in [6.45, 7) is 0. The molecule has 8 heteroatoms. The van der Waals surface area contributed by atoms with E-state index in [0.29, 0.717) is 0 Å². The van der Waals surface area contributed by atoms with Crippen LogP contribution in [-0.4, -0.2) is 66.1 Å². The quantitative estimate of drug-likeness (QED) is 0.446. The van der Waals surface area contributed by atoms with Crippen LogP contribution in [0.15, 0.2) is 17.4 Å². The van der Waals surface area contributed by atoms with Gasteiger partial charge < -0.3 is 9.80 Å². The van der Waals surface area contributed by atoms with Gasteiger partial charge in [-0.2, -0.15) is 5.10 Å². The number of hydrazone groups is 1. The molecule has 2 amide bonds. The summed E-state index contributed by atoms with van der Waals surface area (Å²) in [5.41, 5.74) is 2.38. The lowest BCUT2D eigenvalue weighted by molar-refractivity contribution is 0.0815. The highest BCUT2D eigenvalue weighted by molar-refractivity contribution is 5.95. The number of nitrogens with one attached hydrogen (secondary N) is 1. The molecule has 0 aliphatic carbocycles. The Bertz CT molecular complexity index is 498. The van der Waals surface area contributed by atoms with Gasteiger partial charge in [-0.1, -0.05) is 0 Å². The molecular weight excluding hydrogens is 248 g/mol. The van der Waals surface area contributed by atoms with Crippen molar-refractivity contribution in [3.05, 3.63) is 23.8 Å². The molecule has 0 bridgehead atoms. The van der Waals surface area contributed by atoms with E-state index in [1.54, 1.807) is 33.1 Å². The minimum absolute atomic E-state index is 0.0331. The molecule has 0 saturated heterocycles. The first kappa shape index (κ1) is 14.6. The van der Waals surface area contributed by atoms with Crippen LogP contribution in [0.3, 0.4) is 0 Å². The Balaban J connectivity index is 2.82. The normalized spacial score (nSPS) is 10.3. The van der Waals surface area contributed by atoms with Gasteiger partial charge in [0.25, 0.3) is 11.8 Å². The molecule has 8 nitrogen and oxygen atoms in total. The van der Waals surface area contributed by atoms with Gasteiger partial charge in [-0.3, -0.25) is 9.59 Å². The summed E-state index contributed by atoms with van der Waals surface area (Å²) in [6.07, 6.45) is 2.79. The van der Waals surface area contributed by atoms with Crippen molar-refractivity contribution < 1.29 is 9.59 Å². The van der Waals surface area contributed by atoms with E-state index >= 15 is 0 Å². The second-order valence-electron chi connectivity index (χ2n) is 4.11. The zero-order chi connectivity index (χ0) is 14.4. The molecule has 19 heavy (non-hydrogen) atoms. The minimum atomic E-state index is -0.506. The Hall–Kier alpha value is -2.51. The number of amides is 2. The van der Waals surface area contributed by atoms with E-state index in [0.717, 1.165) is 0 Å². The van der Waals surface area contributed by atoms with Crippen LogP contribution in [0.25, 0.3) is 0 Å². The van der Waals surface area contributed by atoms with E-state index in [9.17, 15) is 9.59 Å². The average Bonchev–Trinajstić information content (AvgIpc) is 2.37. The lowest BCUT2D eigenvalue weighted by atomic mass is 10.3. The molecule has 0 aliphatic rings. The van der Waals surface area contributed by atoms with E-state index < -0.39 is 5.91 Å². The van der Waals surface area contributed by atoms with E-state index in [-0.39, 0.29) is 17.4 Å². The van der Waals surface area contributed by atoms with Crippen LogP contribution in [0.1, 0.15) is 21.1 Å². The molecule has 0 unspecified atom stereocenters. The van der Waals surface area contributed by atoms with E-state index in [1.807, 2.05) is 0 Å². The average molecular weight is 264 g/mol. The second kappa shape index (κ2) is 6.43. The van der Waals surface area contributed by atoms with Crippen LogP contribution in [0, 0.1) is 0 Å². The molecule has 1 aromatic heterocycles. The van der Waals surface area contributed by atoms with E-state index in [2.05, 4.69) is 20.5 Å². The third-order valence-corrected chi connectivity index (χ3v) is 1.94. The molecule has 1 aromatic rings. The zero-order valence-electron chi connectivity index (χ0n) is 11.3. The van der Waals surface area contributed by atoms with Crippen molar-refractivity contribution in [2.24, 2.45) is 5.10 Å². The maximum absolute atomic E-state index is 11.7. The molecule has 102 valence electrons. The SMILES string of the molecule is CN(C)C=NNC(=O)c1ccnc(C(=O)N(C)C)n1. The molecule has 1 rings (SSSR count). The lowest BCUT2D eigenvalue weighted by Crippen LogP contribution is -2.26. The molecule has 0 spiro atoms. The van der Waals surface area contributed by atoms with Crippen LogP contribution in [-0.2, 0) is 0 Å². The highest BCUT2D eigenvalue weighted by Gasteiger charge is 2.14. The number of nitrogens with zero attached hydrogens (tertiary/aromatic N) is 5. The number of aromatic nitrogens is 2. The van der Waals surface area contributed by atoms with Gasteiger partial charge in [0, 0.05) is 34.4 Å². The molecule has 0 saturated carbocycles. The van der Waals surface area contributed by atoms with Crippen LogP contribution in [0.4, 0.5) is 0 Å². The van der Waals surface area contributed by atoms with Gasteiger partial charge in [-0.25, -0.2) is 15.4 Å². The summed E-state index contributed by atoms with van der Waals surface area (Å²) in [5.74, 6) is -0.908. The van der Waals surface area contributed by atoms with Crippen LogP contribution in [0.2, 0.25) is 0 Å². The fourth-order valence-electron chi connectivity index (χ4n) is 1.05. The summed E-state index contributed by atoms with van der Waals surface area (Å²) in [7, 11) is 6.71. The fraction of sp³-hybridized carbons (Fsp3) is 0.364. The molecule has 0 radical (unpaired) electrons. The highest BCUT2D eigenvalue weighted by Crippen LogP contribution is 1.98. The van der Waals surface area contributed by atoms with Gasteiger partial charge in [-0.05, 0) is 6.07 Å². The molecule has 0 aliphatic heterocycles. The molecule has 0 aromatic carbocycles. The second-order valence-corrected chi connectivity index (χ2v) is 4.11. The lowest BCUT2D eigenvalue weighted by Gasteiger charge is -2.08. The van der Waals surface area contributed by atoms with Gasteiger partial charge in [0.05, 0.1) is 0 Å². The first-order chi connectivity index (χ1) is 8.91. The van der Waals surface area contributed by atoms with Gasteiger partial charge in [0.15, 0.2) is 0 Å². The maximum atomic E-state index is 11.7. The summed E-state index contributed by atoms with van der Waals surface area (Å²) >= 11 is 0. The Morgan fingerprint density at radius 1 is 1.32 bits per heavy atom. The van der Waals surface area contributed by atoms with Crippen molar-refractivity contribution in [3.63, 3.8) is 0 Å². The molecular formula is C11H16N6O2. The predicted molar refractivity (Wildman–Crippen MR) is 69.7 cm³/mol. The highest BCUT2D eigenvalue weighted by atomic mass is 16.2. The van der Waals surface area contributed by atoms with Gasteiger partial charge in [-0.15, -0.1) is 0 Å². The molecule has 0 atom stereocenters. The minimum Gasteiger partial charge on any atom is -0.367 e. The summed E-state index contributed by atoms with van der Waals surface area (Å²) in [5, 5.41) is 3.70. The van der Waals surface area contributed by atoms with Gasteiger partial charge in [0.2, 0.25) is 5.82 Å². The number of hydrogen-bond donors (Lipinski definition) is 1. The topological polar surface area (TPSA) is 90.8 Å². The number of rotatable bonds is 4. The van der Waals surface area contributed by atoms with Gasteiger partial charge in [0.1, 0.15) is 12.0 Å². The van der Waals surface area contributed by atoms with Crippen molar-refractivity contribution in [1.82, 2.24) is 25.2 Å². The van der Waals surface area contributed by atoms with Crippen molar-refractivity contribution in [3.8, 4) is 0 Å². The Morgan fingerprint density at radius 3 is 2.58 bits per heavy atom. The first-order valence-corrected chi connectivity index (χ1v) is 5.46. The largest absolute Gasteiger partial charge is 0.367 e. The van der Waals surface area contributed by atoms with Crippen molar-refractivity contribution >= 4 is 18.2 Å². The van der Waals surface area contributed by atoms with Crippen molar-refractivity contribution in [2.45, 2.75) is 0 Å². The third-order valence-electron chi connectivity index (χ3n) is 1.94. The zero-order valence-corrected chi connectivity index (χ0v) is 11.3.